The molecule has 0 unspecified atom stereocenters. The molecule has 0 fully saturated rings. The zero-order chi connectivity index (χ0) is 14.2. The SMILES string of the molecule is NCCCCC(=O)Nc1cnc(-c2ccccc2)nc1. The molecule has 0 aliphatic heterocycles. The van der Waals surface area contributed by atoms with E-state index < -0.39 is 0 Å². The van der Waals surface area contributed by atoms with Crippen LogP contribution in [0, 0.1) is 0 Å². The first-order chi connectivity index (χ1) is 9.79. The van der Waals surface area contributed by atoms with Gasteiger partial charge in [0.25, 0.3) is 0 Å². The van der Waals surface area contributed by atoms with Crippen LogP contribution in [0.2, 0.25) is 0 Å². The zero-order valence-corrected chi connectivity index (χ0v) is 11.2. The number of aromatic nitrogens is 2. The number of hydrogen-bond donors (Lipinski definition) is 2. The van der Waals surface area contributed by atoms with Crippen molar-refractivity contribution in [2.75, 3.05) is 11.9 Å². The topological polar surface area (TPSA) is 80.9 Å². The van der Waals surface area contributed by atoms with Gasteiger partial charge in [0, 0.05) is 12.0 Å². The summed E-state index contributed by atoms with van der Waals surface area (Å²) in [6, 6.07) is 9.71. The van der Waals surface area contributed by atoms with E-state index in [0.29, 0.717) is 24.5 Å². The minimum absolute atomic E-state index is 0.0329. The van der Waals surface area contributed by atoms with Gasteiger partial charge in [0.15, 0.2) is 5.82 Å². The standard InChI is InChI=1S/C15H18N4O/c16-9-5-4-8-14(20)19-13-10-17-15(18-11-13)12-6-2-1-3-7-12/h1-3,6-7,10-11H,4-5,8-9,16H2,(H,19,20). The number of nitrogens with one attached hydrogen (secondary N) is 1. The number of carbonyl (C=O) groups is 1. The second-order valence-corrected chi connectivity index (χ2v) is 4.46. The van der Waals surface area contributed by atoms with Gasteiger partial charge in [0.05, 0.1) is 18.1 Å². The first-order valence-corrected chi connectivity index (χ1v) is 6.67. The molecule has 5 heteroatoms. The second kappa shape index (κ2) is 7.35. The monoisotopic (exact) mass is 270 g/mol. The lowest BCUT2D eigenvalue weighted by molar-refractivity contribution is -0.116. The van der Waals surface area contributed by atoms with E-state index >= 15 is 0 Å². The fraction of sp³-hybridized carbons (Fsp3) is 0.267. The third kappa shape index (κ3) is 4.13. The molecule has 1 aromatic carbocycles. The molecule has 1 amide bonds. The number of amides is 1. The molecule has 1 heterocycles. The van der Waals surface area contributed by atoms with E-state index in [1.807, 2.05) is 30.3 Å². The molecule has 0 saturated carbocycles. The van der Waals surface area contributed by atoms with E-state index in [4.69, 9.17) is 5.73 Å². The highest BCUT2D eigenvalue weighted by Gasteiger charge is 2.04. The molecule has 0 radical (unpaired) electrons. The van der Waals surface area contributed by atoms with E-state index in [9.17, 15) is 4.79 Å². The molecule has 5 nitrogen and oxygen atoms in total. The second-order valence-electron chi connectivity index (χ2n) is 4.46. The van der Waals surface area contributed by atoms with E-state index in [-0.39, 0.29) is 5.91 Å². The molecule has 0 saturated heterocycles. The van der Waals surface area contributed by atoms with Crippen molar-refractivity contribution in [2.45, 2.75) is 19.3 Å². The van der Waals surface area contributed by atoms with Gasteiger partial charge in [-0.05, 0) is 19.4 Å². The highest BCUT2D eigenvalue weighted by molar-refractivity contribution is 5.90. The molecule has 2 aromatic rings. The molecular weight excluding hydrogens is 252 g/mol. The van der Waals surface area contributed by atoms with Crippen molar-refractivity contribution in [3.05, 3.63) is 42.7 Å². The van der Waals surface area contributed by atoms with Crippen LogP contribution in [0.1, 0.15) is 19.3 Å². The first-order valence-electron chi connectivity index (χ1n) is 6.67. The maximum absolute atomic E-state index is 11.6. The number of carbonyl (C=O) groups excluding carboxylic acids is 1. The minimum atomic E-state index is -0.0329. The molecule has 0 bridgehead atoms. The summed E-state index contributed by atoms with van der Waals surface area (Å²) >= 11 is 0. The molecule has 20 heavy (non-hydrogen) atoms. The van der Waals surface area contributed by atoms with Gasteiger partial charge in [-0.15, -0.1) is 0 Å². The highest BCUT2D eigenvalue weighted by atomic mass is 16.1. The number of unbranched alkanes of at least 4 members (excludes halogenated alkanes) is 1. The minimum Gasteiger partial charge on any atom is -0.330 e. The quantitative estimate of drug-likeness (QED) is 0.789. The van der Waals surface area contributed by atoms with E-state index in [1.165, 1.54) is 0 Å². The fourth-order valence-corrected chi connectivity index (χ4v) is 1.78. The summed E-state index contributed by atoms with van der Waals surface area (Å²) in [5, 5.41) is 2.77. The van der Waals surface area contributed by atoms with E-state index in [2.05, 4.69) is 15.3 Å². The van der Waals surface area contributed by atoms with Crippen molar-refractivity contribution in [3.63, 3.8) is 0 Å². The summed E-state index contributed by atoms with van der Waals surface area (Å²) in [4.78, 5) is 20.1. The summed E-state index contributed by atoms with van der Waals surface area (Å²) < 4.78 is 0. The molecule has 0 aliphatic rings. The largest absolute Gasteiger partial charge is 0.330 e. The molecule has 2 rings (SSSR count). The zero-order valence-electron chi connectivity index (χ0n) is 11.2. The van der Waals surface area contributed by atoms with Crippen LogP contribution in [0.25, 0.3) is 11.4 Å². The lowest BCUT2D eigenvalue weighted by atomic mass is 10.2. The average molecular weight is 270 g/mol. The Morgan fingerprint density at radius 3 is 2.45 bits per heavy atom. The highest BCUT2D eigenvalue weighted by Crippen LogP contribution is 2.14. The molecule has 1 aromatic heterocycles. The Balaban J connectivity index is 1.93. The van der Waals surface area contributed by atoms with Crippen LogP contribution in [-0.2, 0) is 4.79 Å². The lowest BCUT2D eigenvalue weighted by Gasteiger charge is -2.05. The normalized spacial score (nSPS) is 10.2. The Labute approximate surface area is 118 Å². The van der Waals surface area contributed by atoms with Crippen molar-refractivity contribution in [1.29, 1.82) is 0 Å². The van der Waals surface area contributed by atoms with Crippen molar-refractivity contribution >= 4 is 11.6 Å². The fourth-order valence-electron chi connectivity index (χ4n) is 1.78. The maximum Gasteiger partial charge on any atom is 0.224 e. The summed E-state index contributed by atoms with van der Waals surface area (Å²) in [6.07, 6.45) is 5.37. The number of anilines is 1. The van der Waals surface area contributed by atoms with Crippen LogP contribution >= 0.6 is 0 Å². The van der Waals surface area contributed by atoms with Gasteiger partial charge in [-0.3, -0.25) is 4.79 Å². The van der Waals surface area contributed by atoms with Gasteiger partial charge in [-0.1, -0.05) is 30.3 Å². The van der Waals surface area contributed by atoms with Crippen LogP contribution in [0.4, 0.5) is 5.69 Å². The van der Waals surface area contributed by atoms with Gasteiger partial charge in [-0.25, -0.2) is 9.97 Å². The van der Waals surface area contributed by atoms with Crippen molar-refractivity contribution < 1.29 is 4.79 Å². The van der Waals surface area contributed by atoms with Crippen LogP contribution < -0.4 is 11.1 Å². The summed E-state index contributed by atoms with van der Waals surface area (Å²) in [5.74, 6) is 0.612. The van der Waals surface area contributed by atoms with Crippen LogP contribution in [0.15, 0.2) is 42.7 Å². The van der Waals surface area contributed by atoms with Crippen molar-refractivity contribution in [1.82, 2.24) is 9.97 Å². The molecule has 0 atom stereocenters. The predicted octanol–water partition coefficient (Wildman–Crippen LogP) is 2.21. The molecule has 0 spiro atoms. The molecule has 0 aliphatic carbocycles. The van der Waals surface area contributed by atoms with Gasteiger partial charge in [0.1, 0.15) is 0 Å². The third-order valence-corrected chi connectivity index (χ3v) is 2.83. The average Bonchev–Trinajstić information content (AvgIpc) is 2.49. The number of rotatable bonds is 6. The summed E-state index contributed by atoms with van der Waals surface area (Å²) in [7, 11) is 0. The smallest absolute Gasteiger partial charge is 0.224 e. The Bertz CT molecular complexity index is 540. The maximum atomic E-state index is 11.6. The first kappa shape index (κ1) is 14.1. The number of hydrogen-bond acceptors (Lipinski definition) is 4. The van der Waals surface area contributed by atoms with Gasteiger partial charge in [0.2, 0.25) is 5.91 Å². The Morgan fingerprint density at radius 2 is 1.80 bits per heavy atom. The number of nitrogens with two attached hydrogens (primary N) is 1. The van der Waals surface area contributed by atoms with E-state index in [0.717, 1.165) is 18.4 Å². The van der Waals surface area contributed by atoms with Crippen LogP contribution in [0.5, 0.6) is 0 Å². The summed E-state index contributed by atoms with van der Waals surface area (Å²) in [6.45, 7) is 0.613. The Morgan fingerprint density at radius 1 is 1.10 bits per heavy atom. The van der Waals surface area contributed by atoms with Crippen molar-refractivity contribution in [2.24, 2.45) is 5.73 Å². The lowest BCUT2D eigenvalue weighted by Crippen LogP contribution is -2.12. The predicted molar refractivity (Wildman–Crippen MR) is 79.0 cm³/mol. The Kier molecular flexibility index (Phi) is 5.20. The molecule has 3 N–H and O–H groups in total. The van der Waals surface area contributed by atoms with Gasteiger partial charge in [-0.2, -0.15) is 0 Å². The van der Waals surface area contributed by atoms with Crippen molar-refractivity contribution in [3.8, 4) is 11.4 Å². The molecular formula is C15H18N4O. The summed E-state index contributed by atoms with van der Waals surface area (Å²) in [5.41, 5.74) is 6.95. The Hall–Kier alpha value is -2.27. The van der Waals surface area contributed by atoms with Crippen LogP contribution in [-0.4, -0.2) is 22.4 Å². The molecule has 104 valence electrons. The van der Waals surface area contributed by atoms with Crippen LogP contribution in [0.3, 0.4) is 0 Å². The van der Waals surface area contributed by atoms with Gasteiger partial charge >= 0.3 is 0 Å². The van der Waals surface area contributed by atoms with Gasteiger partial charge < -0.3 is 11.1 Å². The van der Waals surface area contributed by atoms with E-state index in [1.54, 1.807) is 12.4 Å². The number of nitrogens with zero attached hydrogens (tertiary/aromatic N) is 2. The third-order valence-electron chi connectivity index (χ3n) is 2.83. The number of benzene rings is 1.